The van der Waals surface area contributed by atoms with Crippen molar-refractivity contribution >= 4 is 70.4 Å². The summed E-state index contributed by atoms with van der Waals surface area (Å²) in [7, 11) is 0. The summed E-state index contributed by atoms with van der Waals surface area (Å²) in [5.41, 5.74) is 0. The quantitative estimate of drug-likeness (QED) is 0.405. The van der Waals surface area contributed by atoms with Crippen molar-refractivity contribution in [2.24, 2.45) is 0 Å². The van der Waals surface area contributed by atoms with Crippen LogP contribution in [0.3, 0.4) is 0 Å². The van der Waals surface area contributed by atoms with Crippen molar-refractivity contribution in [3.8, 4) is 0 Å². The van der Waals surface area contributed by atoms with Gasteiger partial charge in [-0.25, -0.2) is 0 Å². The van der Waals surface area contributed by atoms with Gasteiger partial charge in [-0.2, -0.15) is 0 Å². The monoisotopic (exact) mass is 304 g/mol. The van der Waals surface area contributed by atoms with Crippen molar-refractivity contribution in [1.29, 1.82) is 0 Å². The van der Waals surface area contributed by atoms with Gasteiger partial charge >= 0.3 is 70.4 Å². The van der Waals surface area contributed by atoms with E-state index < -0.39 is 0 Å². The van der Waals surface area contributed by atoms with Gasteiger partial charge in [-0.3, -0.25) is 0 Å². The summed E-state index contributed by atoms with van der Waals surface area (Å²) in [6.07, 6.45) is 0. The fraction of sp³-hybridized carbons (Fsp3) is 0. The van der Waals surface area contributed by atoms with E-state index in [0.717, 1.165) is 0 Å². The molecule has 0 aromatic carbocycles. The Hall–Kier alpha value is 2.17. The molecule has 0 amide bonds. The van der Waals surface area contributed by atoms with Gasteiger partial charge in [0.25, 0.3) is 0 Å². The number of hydrogen-bond donors (Lipinski definition) is 0. The standard InChI is InChI=1S/4GeH2/h4*1H2. The third kappa shape index (κ3) is 8.90. The van der Waals surface area contributed by atoms with E-state index in [1.807, 2.05) is 0 Å². The van der Waals surface area contributed by atoms with Crippen LogP contribution in [0.15, 0.2) is 0 Å². The zero-order chi connectivity index (χ0) is 0. The zero-order valence-corrected chi connectivity index (χ0v) is 14.7. The third-order valence-electron chi connectivity index (χ3n) is 0. The fourth-order valence-corrected chi connectivity index (χ4v) is 0. The van der Waals surface area contributed by atoms with Crippen LogP contribution in [-0.2, 0) is 0 Å². The molecular weight excluding hydrogens is 290 g/mol. The van der Waals surface area contributed by atoms with Gasteiger partial charge in [0.2, 0.25) is 0 Å². The molecule has 0 fully saturated rings. The van der Waals surface area contributed by atoms with Crippen LogP contribution >= 0.6 is 0 Å². The van der Waals surface area contributed by atoms with Gasteiger partial charge < -0.3 is 0 Å². The van der Waals surface area contributed by atoms with E-state index in [4.69, 9.17) is 0 Å². The average Bonchev–Trinajstić information content (AvgIpc) is 0. The molecule has 0 aliphatic rings. The Morgan fingerprint density at radius 2 is 0.250 bits per heavy atom. The minimum absolute atomic E-state index is 0. The van der Waals surface area contributed by atoms with Gasteiger partial charge in [-0.05, 0) is 0 Å². The van der Waals surface area contributed by atoms with Crippen LogP contribution in [0.5, 0.6) is 0 Å². The molecule has 0 saturated carbocycles. The minimum atomic E-state index is 0. The first kappa shape index (κ1) is 35.0. The Morgan fingerprint density at radius 1 is 0.250 bits per heavy atom. The van der Waals surface area contributed by atoms with Gasteiger partial charge in [-0.1, -0.05) is 0 Å². The summed E-state index contributed by atoms with van der Waals surface area (Å²) >= 11 is 0. The first-order valence-corrected chi connectivity index (χ1v) is 0. The van der Waals surface area contributed by atoms with Crippen LogP contribution in [0, 0.1) is 0 Å². The first-order valence-electron chi connectivity index (χ1n) is 0. The summed E-state index contributed by atoms with van der Waals surface area (Å²) < 4.78 is 0. The van der Waals surface area contributed by atoms with Gasteiger partial charge in [0.15, 0.2) is 0 Å². The first-order chi connectivity index (χ1) is 0. The molecule has 0 aromatic rings. The molecule has 0 spiro atoms. The van der Waals surface area contributed by atoms with E-state index >= 15 is 0 Å². The van der Waals surface area contributed by atoms with Gasteiger partial charge in [-0.15, -0.1) is 0 Å². The summed E-state index contributed by atoms with van der Waals surface area (Å²) in [5, 5.41) is 0. The van der Waals surface area contributed by atoms with E-state index in [2.05, 4.69) is 0 Å². The molecule has 0 nitrogen and oxygen atoms in total. The molecule has 4 heteroatoms. The third-order valence-corrected chi connectivity index (χ3v) is 0. The van der Waals surface area contributed by atoms with Gasteiger partial charge in [0.1, 0.15) is 0 Å². The van der Waals surface area contributed by atoms with E-state index in [1.165, 1.54) is 0 Å². The van der Waals surface area contributed by atoms with E-state index in [1.54, 1.807) is 0 Å². The van der Waals surface area contributed by atoms with Crippen molar-refractivity contribution in [1.82, 2.24) is 0 Å². The van der Waals surface area contributed by atoms with Crippen molar-refractivity contribution < 1.29 is 0 Å². The van der Waals surface area contributed by atoms with Gasteiger partial charge in [0.05, 0.1) is 0 Å². The predicted molar refractivity (Wildman–Crippen MR) is 34.2 cm³/mol. The van der Waals surface area contributed by atoms with Gasteiger partial charge in [0, 0.05) is 0 Å². The normalized spacial score (nSPS) is 0. The molecule has 0 unspecified atom stereocenters. The summed E-state index contributed by atoms with van der Waals surface area (Å²) in [5.74, 6) is 0. The van der Waals surface area contributed by atoms with E-state index in [9.17, 15) is 0 Å². The Balaban J connectivity index is 0. The topological polar surface area (TPSA) is 0 Å². The van der Waals surface area contributed by atoms with Crippen LogP contribution in [-0.4, -0.2) is 70.4 Å². The molecule has 0 saturated heterocycles. The molecule has 24 valence electrons. The Kier molecular flexibility index (Phi) is 167. The number of hydrogen-bond acceptors (Lipinski definition) is 0. The Morgan fingerprint density at radius 3 is 0.250 bits per heavy atom. The van der Waals surface area contributed by atoms with E-state index in [-0.39, 0.29) is 70.4 Å². The molecule has 0 aliphatic carbocycles. The molecule has 0 rings (SSSR count). The predicted octanol–water partition coefficient (Wildman–Crippen LogP) is -3.66. The van der Waals surface area contributed by atoms with Crippen LogP contribution in [0.1, 0.15) is 0 Å². The van der Waals surface area contributed by atoms with Crippen LogP contribution in [0.2, 0.25) is 0 Å². The molecule has 0 N–H and O–H groups in total. The summed E-state index contributed by atoms with van der Waals surface area (Å²) in [6.45, 7) is 0. The molecule has 4 heavy (non-hydrogen) atoms. The molecule has 0 aromatic heterocycles. The van der Waals surface area contributed by atoms with Crippen LogP contribution in [0.25, 0.3) is 0 Å². The molecule has 0 heterocycles. The molecule has 8 radical (unpaired) electrons. The molecule has 0 aliphatic heterocycles. The number of rotatable bonds is 0. The maximum absolute atomic E-state index is 0. The van der Waals surface area contributed by atoms with Crippen molar-refractivity contribution in [2.75, 3.05) is 0 Å². The average molecular weight is 299 g/mol. The fourth-order valence-electron chi connectivity index (χ4n) is 0. The Labute approximate surface area is 69.8 Å². The van der Waals surface area contributed by atoms with Crippen molar-refractivity contribution in [3.63, 3.8) is 0 Å². The second-order valence-electron chi connectivity index (χ2n) is 0. The zero-order valence-electron chi connectivity index (χ0n) is 2.83. The summed E-state index contributed by atoms with van der Waals surface area (Å²) in [6, 6.07) is 0. The maximum atomic E-state index is 0. The Bertz CT molecular complexity index is 0. The molecule has 0 bridgehead atoms. The molecular formula is H8Ge4. The van der Waals surface area contributed by atoms with Crippen LogP contribution in [0.4, 0.5) is 0 Å². The second-order valence-corrected chi connectivity index (χ2v) is 0. The van der Waals surface area contributed by atoms with E-state index in [0.29, 0.717) is 0 Å². The van der Waals surface area contributed by atoms with Crippen molar-refractivity contribution in [2.45, 2.75) is 0 Å². The summed E-state index contributed by atoms with van der Waals surface area (Å²) in [4.78, 5) is 0. The van der Waals surface area contributed by atoms with Crippen LogP contribution < -0.4 is 0 Å². The molecule has 0 atom stereocenters. The second kappa shape index (κ2) is 19.1. The SMILES string of the molecule is [GeH2].[GeH2].[GeH2].[GeH2]. The van der Waals surface area contributed by atoms with Crippen molar-refractivity contribution in [3.05, 3.63) is 0 Å².